The number of para-hydroxylation sites is 2. The summed E-state index contributed by atoms with van der Waals surface area (Å²) < 4.78 is 0. The standard InChI is InChI=1S/C21H23N5O/c27-21(23-18-7-3-1-4-8-18)17-11-13-25(14-12-17)16-19-15-22-26(24-19)20-9-5-2-6-10-20/h1-10,15,17H,11-14,16H2,(H,23,27). The van der Waals surface area contributed by atoms with E-state index in [0.717, 1.165) is 49.5 Å². The number of piperidine rings is 1. The monoisotopic (exact) mass is 361 g/mol. The lowest BCUT2D eigenvalue weighted by atomic mass is 9.95. The molecule has 0 aliphatic carbocycles. The molecule has 2 heterocycles. The van der Waals surface area contributed by atoms with Crippen LogP contribution in [0.2, 0.25) is 0 Å². The Hall–Kier alpha value is -2.99. The maximum Gasteiger partial charge on any atom is 0.227 e. The van der Waals surface area contributed by atoms with Crippen LogP contribution in [-0.4, -0.2) is 38.9 Å². The maximum atomic E-state index is 12.4. The molecule has 6 heteroatoms. The van der Waals surface area contributed by atoms with Crippen LogP contribution in [0.5, 0.6) is 0 Å². The molecule has 1 amide bonds. The van der Waals surface area contributed by atoms with Crippen molar-refractivity contribution in [2.75, 3.05) is 18.4 Å². The van der Waals surface area contributed by atoms with Gasteiger partial charge in [-0.1, -0.05) is 36.4 Å². The lowest BCUT2D eigenvalue weighted by molar-refractivity contribution is -0.121. The molecule has 6 nitrogen and oxygen atoms in total. The van der Waals surface area contributed by atoms with Crippen LogP contribution in [0.1, 0.15) is 18.5 Å². The summed E-state index contributed by atoms with van der Waals surface area (Å²) >= 11 is 0. The van der Waals surface area contributed by atoms with Gasteiger partial charge in [-0.2, -0.15) is 15.0 Å². The summed E-state index contributed by atoms with van der Waals surface area (Å²) in [6.07, 6.45) is 3.55. The molecule has 1 aliphatic heterocycles. The van der Waals surface area contributed by atoms with Gasteiger partial charge in [0.25, 0.3) is 0 Å². The summed E-state index contributed by atoms with van der Waals surface area (Å²) in [7, 11) is 0. The number of carbonyl (C=O) groups is 1. The second-order valence-corrected chi connectivity index (χ2v) is 6.87. The Morgan fingerprint density at radius 2 is 1.67 bits per heavy atom. The third-order valence-electron chi connectivity index (χ3n) is 4.91. The highest BCUT2D eigenvalue weighted by Crippen LogP contribution is 2.20. The van der Waals surface area contributed by atoms with E-state index >= 15 is 0 Å². The molecule has 1 saturated heterocycles. The van der Waals surface area contributed by atoms with Gasteiger partial charge in [-0.15, -0.1) is 0 Å². The first-order valence-corrected chi connectivity index (χ1v) is 9.33. The molecule has 0 bridgehead atoms. The molecule has 0 spiro atoms. The van der Waals surface area contributed by atoms with Gasteiger partial charge in [-0.3, -0.25) is 9.69 Å². The normalized spacial score (nSPS) is 15.6. The fourth-order valence-corrected chi connectivity index (χ4v) is 3.40. The van der Waals surface area contributed by atoms with E-state index < -0.39 is 0 Å². The van der Waals surface area contributed by atoms with E-state index in [0.29, 0.717) is 0 Å². The summed E-state index contributed by atoms with van der Waals surface area (Å²) in [6.45, 7) is 2.55. The fraction of sp³-hybridized carbons (Fsp3) is 0.286. The van der Waals surface area contributed by atoms with Gasteiger partial charge in [0.2, 0.25) is 5.91 Å². The summed E-state index contributed by atoms with van der Waals surface area (Å²) in [5.41, 5.74) is 2.77. The Labute approximate surface area is 158 Å². The number of likely N-dealkylation sites (tertiary alicyclic amines) is 1. The van der Waals surface area contributed by atoms with Crippen LogP contribution in [0.25, 0.3) is 5.69 Å². The van der Waals surface area contributed by atoms with Crippen molar-refractivity contribution in [2.45, 2.75) is 19.4 Å². The van der Waals surface area contributed by atoms with Gasteiger partial charge in [0.1, 0.15) is 0 Å². The molecule has 0 saturated carbocycles. The van der Waals surface area contributed by atoms with Crippen LogP contribution in [-0.2, 0) is 11.3 Å². The number of aromatic nitrogens is 3. The number of hydrogen-bond acceptors (Lipinski definition) is 4. The number of nitrogens with one attached hydrogen (secondary N) is 1. The van der Waals surface area contributed by atoms with Crippen molar-refractivity contribution >= 4 is 11.6 Å². The minimum absolute atomic E-state index is 0.0708. The lowest BCUT2D eigenvalue weighted by Crippen LogP contribution is -2.37. The molecule has 1 aromatic heterocycles. The van der Waals surface area contributed by atoms with Crippen molar-refractivity contribution in [3.63, 3.8) is 0 Å². The Bertz CT molecular complexity index is 870. The summed E-state index contributed by atoms with van der Waals surface area (Å²) in [4.78, 5) is 16.4. The average Bonchev–Trinajstić information content (AvgIpc) is 3.18. The molecule has 27 heavy (non-hydrogen) atoms. The largest absolute Gasteiger partial charge is 0.326 e. The third kappa shape index (κ3) is 4.41. The predicted octanol–water partition coefficient (Wildman–Crippen LogP) is 3.12. The topological polar surface area (TPSA) is 63.1 Å². The first kappa shape index (κ1) is 17.4. The molecule has 0 radical (unpaired) electrons. The summed E-state index contributed by atoms with van der Waals surface area (Å²) in [5.74, 6) is 0.192. The number of hydrogen-bond donors (Lipinski definition) is 1. The van der Waals surface area contributed by atoms with Gasteiger partial charge in [-0.25, -0.2) is 0 Å². The number of benzene rings is 2. The molecule has 1 aliphatic rings. The van der Waals surface area contributed by atoms with E-state index in [1.54, 1.807) is 4.80 Å². The second-order valence-electron chi connectivity index (χ2n) is 6.87. The Balaban J connectivity index is 1.28. The van der Waals surface area contributed by atoms with Crippen molar-refractivity contribution in [1.82, 2.24) is 19.9 Å². The van der Waals surface area contributed by atoms with Crippen molar-refractivity contribution < 1.29 is 4.79 Å². The lowest BCUT2D eigenvalue weighted by Gasteiger charge is -2.30. The van der Waals surface area contributed by atoms with Gasteiger partial charge in [0.05, 0.1) is 17.6 Å². The molecular formula is C21H23N5O. The van der Waals surface area contributed by atoms with Gasteiger partial charge in [0.15, 0.2) is 0 Å². The van der Waals surface area contributed by atoms with Gasteiger partial charge in [0, 0.05) is 18.2 Å². The van der Waals surface area contributed by atoms with Crippen molar-refractivity contribution in [3.05, 3.63) is 72.6 Å². The Morgan fingerprint density at radius 3 is 2.37 bits per heavy atom. The zero-order valence-corrected chi connectivity index (χ0v) is 15.2. The van der Waals surface area contributed by atoms with Crippen molar-refractivity contribution in [1.29, 1.82) is 0 Å². The highest BCUT2D eigenvalue weighted by Gasteiger charge is 2.25. The number of rotatable bonds is 5. The molecule has 1 fully saturated rings. The van der Waals surface area contributed by atoms with E-state index in [1.807, 2.05) is 66.9 Å². The van der Waals surface area contributed by atoms with Crippen LogP contribution in [0.4, 0.5) is 5.69 Å². The number of nitrogens with zero attached hydrogens (tertiary/aromatic N) is 4. The summed E-state index contributed by atoms with van der Waals surface area (Å²) in [5, 5.41) is 11.9. The van der Waals surface area contributed by atoms with E-state index in [2.05, 4.69) is 20.4 Å². The van der Waals surface area contributed by atoms with Crippen LogP contribution in [0.3, 0.4) is 0 Å². The minimum Gasteiger partial charge on any atom is -0.326 e. The number of anilines is 1. The van der Waals surface area contributed by atoms with E-state index in [9.17, 15) is 4.79 Å². The van der Waals surface area contributed by atoms with Crippen LogP contribution in [0, 0.1) is 5.92 Å². The van der Waals surface area contributed by atoms with Crippen molar-refractivity contribution in [3.8, 4) is 5.69 Å². The van der Waals surface area contributed by atoms with Crippen LogP contribution < -0.4 is 5.32 Å². The maximum absolute atomic E-state index is 12.4. The first-order chi connectivity index (χ1) is 13.3. The number of amides is 1. The fourth-order valence-electron chi connectivity index (χ4n) is 3.40. The molecule has 1 N–H and O–H groups in total. The Kier molecular flexibility index (Phi) is 5.25. The SMILES string of the molecule is O=C(Nc1ccccc1)C1CCN(Cc2cnn(-c3ccccc3)n2)CC1. The molecule has 3 aromatic rings. The molecule has 0 atom stereocenters. The Morgan fingerprint density at radius 1 is 1.00 bits per heavy atom. The highest BCUT2D eigenvalue weighted by molar-refractivity contribution is 5.92. The number of carbonyl (C=O) groups excluding carboxylic acids is 1. The first-order valence-electron chi connectivity index (χ1n) is 9.33. The van der Waals surface area contributed by atoms with Crippen molar-refractivity contribution in [2.24, 2.45) is 5.92 Å². The third-order valence-corrected chi connectivity index (χ3v) is 4.91. The van der Waals surface area contributed by atoms with E-state index in [1.165, 1.54) is 0 Å². The van der Waals surface area contributed by atoms with Gasteiger partial charge >= 0.3 is 0 Å². The molecular weight excluding hydrogens is 338 g/mol. The van der Waals surface area contributed by atoms with Gasteiger partial charge < -0.3 is 5.32 Å². The van der Waals surface area contributed by atoms with Crippen LogP contribution in [0.15, 0.2) is 66.9 Å². The molecule has 138 valence electrons. The minimum atomic E-state index is 0.0708. The zero-order valence-electron chi connectivity index (χ0n) is 15.2. The second kappa shape index (κ2) is 8.14. The van der Waals surface area contributed by atoms with Gasteiger partial charge in [-0.05, 0) is 50.2 Å². The van der Waals surface area contributed by atoms with E-state index in [-0.39, 0.29) is 11.8 Å². The molecule has 0 unspecified atom stereocenters. The highest BCUT2D eigenvalue weighted by atomic mass is 16.1. The quantitative estimate of drug-likeness (QED) is 0.758. The molecule has 2 aromatic carbocycles. The molecule has 4 rings (SSSR count). The average molecular weight is 361 g/mol. The van der Waals surface area contributed by atoms with E-state index in [4.69, 9.17) is 0 Å². The van der Waals surface area contributed by atoms with Crippen LogP contribution >= 0.6 is 0 Å². The zero-order chi connectivity index (χ0) is 18.5. The summed E-state index contributed by atoms with van der Waals surface area (Å²) in [6, 6.07) is 19.6. The predicted molar refractivity (Wildman–Crippen MR) is 104 cm³/mol. The smallest absolute Gasteiger partial charge is 0.227 e.